The van der Waals surface area contributed by atoms with Crippen LogP contribution < -0.4 is 10.6 Å². The molecule has 4 aromatic carbocycles. The highest BCUT2D eigenvalue weighted by Crippen LogP contribution is 2.46. The number of aromatic nitrogens is 6. The molecule has 4 aliphatic rings. The van der Waals surface area contributed by atoms with Crippen molar-refractivity contribution in [3.8, 4) is 0 Å². The number of benzene rings is 4. The SMILES string of the molecule is [2H][C@@]1(c2ccc(F)cc2)Nc2cc(F)cc3c2C(=NCC3=O)[C@H]1c1ncnn1C.[2H][C@@]1(c2ccc(F)cc2)Nc2cc(F)cc3c2C(=NCC3=O)[C@H]1c1ncnn1C. The predicted molar refractivity (Wildman–Crippen MR) is 197 cm³/mol. The van der Waals surface area contributed by atoms with Gasteiger partial charge in [0.15, 0.2) is 11.6 Å². The van der Waals surface area contributed by atoms with Crippen LogP contribution in [0.2, 0.25) is 0 Å². The molecule has 0 fully saturated rings. The number of carbonyl (C=O) groups excluding carboxylic acids is 2. The van der Waals surface area contributed by atoms with E-state index in [9.17, 15) is 29.9 Å². The summed E-state index contributed by atoms with van der Waals surface area (Å²) in [4.78, 5) is 42.3. The number of carbonyl (C=O) groups is 2. The van der Waals surface area contributed by atoms with E-state index in [1.807, 2.05) is 0 Å². The summed E-state index contributed by atoms with van der Waals surface area (Å²) in [5.74, 6) is -3.23. The third-order valence-electron chi connectivity index (χ3n) is 10.1. The molecule has 0 saturated heterocycles. The Morgan fingerprint density at radius 2 is 1.00 bits per heavy atom. The minimum Gasteiger partial charge on any atom is -0.376 e. The lowest BCUT2D eigenvalue weighted by Crippen LogP contribution is -2.37. The minimum atomic E-state index is -1.58. The van der Waals surface area contributed by atoms with Crippen molar-refractivity contribution in [3.63, 3.8) is 0 Å². The molecule has 2 N–H and O–H groups in total. The lowest BCUT2D eigenvalue weighted by Gasteiger charge is -2.37. The molecule has 0 unspecified atom stereocenters. The average Bonchev–Trinajstić information content (AvgIpc) is 3.81. The number of ketones is 2. The fourth-order valence-electron chi connectivity index (χ4n) is 7.60. The third-order valence-corrected chi connectivity index (χ3v) is 10.1. The van der Waals surface area contributed by atoms with Gasteiger partial charge in [0.05, 0.1) is 38.0 Å². The quantitative estimate of drug-likeness (QED) is 0.207. The van der Waals surface area contributed by atoms with E-state index in [2.05, 4.69) is 40.8 Å². The van der Waals surface area contributed by atoms with Gasteiger partial charge in [0.1, 0.15) is 60.7 Å². The molecular formula is C40H30F4N10O2. The van der Waals surface area contributed by atoms with Gasteiger partial charge in [-0.15, -0.1) is 0 Å². The number of aliphatic imine (C=N–C) groups is 2. The predicted octanol–water partition coefficient (Wildman–Crippen LogP) is 6.06. The zero-order chi connectivity index (χ0) is 40.7. The zero-order valence-corrected chi connectivity index (χ0v) is 29.6. The maximum atomic E-state index is 14.2. The smallest absolute Gasteiger partial charge is 0.185 e. The number of anilines is 2. The van der Waals surface area contributed by atoms with Crippen LogP contribution in [0.1, 0.15) is 81.2 Å². The number of hydrogen-bond acceptors (Lipinski definition) is 10. The summed E-state index contributed by atoms with van der Waals surface area (Å²) in [6, 6.07) is 12.8. The first-order valence-electron chi connectivity index (χ1n) is 18.4. The molecule has 280 valence electrons. The lowest BCUT2D eigenvalue weighted by atomic mass is 9.78. The molecule has 12 nitrogen and oxygen atoms in total. The van der Waals surface area contributed by atoms with Crippen molar-refractivity contribution >= 4 is 34.4 Å². The van der Waals surface area contributed by atoms with E-state index < -0.39 is 47.1 Å². The highest BCUT2D eigenvalue weighted by atomic mass is 19.1. The summed E-state index contributed by atoms with van der Waals surface area (Å²) in [6.07, 6.45) is 2.74. The second kappa shape index (κ2) is 13.5. The largest absolute Gasteiger partial charge is 0.376 e. The molecule has 16 heteroatoms. The monoisotopic (exact) mass is 760 g/mol. The van der Waals surface area contributed by atoms with Gasteiger partial charge >= 0.3 is 0 Å². The molecule has 6 aromatic rings. The van der Waals surface area contributed by atoms with Crippen molar-refractivity contribution in [1.29, 1.82) is 0 Å². The molecule has 0 amide bonds. The lowest BCUT2D eigenvalue weighted by molar-refractivity contribution is 0.0991. The Morgan fingerprint density at radius 3 is 1.36 bits per heavy atom. The molecule has 0 saturated carbocycles. The summed E-state index contributed by atoms with van der Waals surface area (Å²) in [6.45, 7) is -0.280. The van der Waals surface area contributed by atoms with Crippen LogP contribution in [0.5, 0.6) is 0 Å². The van der Waals surface area contributed by atoms with Gasteiger partial charge in [-0.05, 0) is 59.7 Å². The zero-order valence-electron chi connectivity index (χ0n) is 31.6. The van der Waals surface area contributed by atoms with Crippen molar-refractivity contribution in [2.75, 3.05) is 23.7 Å². The Labute approximate surface area is 318 Å². The van der Waals surface area contributed by atoms with Crippen LogP contribution >= 0.6 is 0 Å². The van der Waals surface area contributed by atoms with Crippen LogP contribution in [0.25, 0.3) is 0 Å². The third kappa shape index (κ3) is 5.84. The summed E-state index contributed by atoms with van der Waals surface area (Å²) >= 11 is 0. The number of Topliss-reactive ketones (excluding diaryl/α,β-unsaturated/α-hetero) is 2. The first-order valence-corrected chi connectivity index (χ1v) is 17.4. The molecule has 0 spiro atoms. The second-order valence-corrected chi connectivity index (χ2v) is 13.4. The normalized spacial score (nSPS) is 23.5. The molecule has 6 heterocycles. The first-order chi connectivity index (χ1) is 27.8. The van der Waals surface area contributed by atoms with E-state index in [4.69, 9.17) is 0 Å². The van der Waals surface area contributed by atoms with Crippen LogP contribution in [-0.2, 0) is 14.1 Å². The highest BCUT2D eigenvalue weighted by molar-refractivity contribution is 6.22. The number of nitrogens with zero attached hydrogens (tertiary/aromatic N) is 8. The summed E-state index contributed by atoms with van der Waals surface area (Å²) in [7, 11) is 3.39. The Hall–Kier alpha value is -6.84. The maximum absolute atomic E-state index is 14.2. The standard InChI is InChI=1S/2C20H15F2N5O/c2*1-27-20(24-9-25-27)17-18(10-2-4-11(21)5-3-10)26-14-7-12(22)6-13-15(28)8-23-19(17)16(13)14/h2*2-7,9,17-18,26H,8H2,1H3/t2*17-,18-/m00/s1/i2*18D. The molecular weight excluding hydrogens is 728 g/mol. The fraction of sp³-hybridized carbons (Fsp3) is 0.200. The van der Waals surface area contributed by atoms with E-state index in [0.29, 0.717) is 56.7 Å². The van der Waals surface area contributed by atoms with Crippen molar-refractivity contribution in [3.05, 3.63) is 154 Å². The van der Waals surface area contributed by atoms with Gasteiger partial charge in [-0.1, -0.05) is 24.3 Å². The van der Waals surface area contributed by atoms with E-state index in [1.165, 1.54) is 94.8 Å². The maximum Gasteiger partial charge on any atom is 0.185 e. The molecule has 4 aliphatic heterocycles. The number of hydrogen-bond donors (Lipinski definition) is 2. The van der Waals surface area contributed by atoms with Crippen molar-refractivity contribution in [2.45, 2.75) is 23.9 Å². The van der Waals surface area contributed by atoms with Gasteiger partial charge in [-0.25, -0.2) is 27.5 Å². The number of rotatable bonds is 4. The molecule has 0 radical (unpaired) electrons. The fourth-order valence-corrected chi connectivity index (χ4v) is 7.60. The van der Waals surface area contributed by atoms with Gasteiger partial charge in [0.25, 0.3) is 0 Å². The van der Waals surface area contributed by atoms with E-state index >= 15 is 0 Å². The van der Waals surface area contributed by atoms with Crippen LogP contribution in [-0.4, -0.2) is 65.6 Å². The molecule has 10 rings (SSSR count). The first kappa shape index (κ1) is 32.6. The summed E-state index contributed by atoms with van der Waals surface area (Å²) in [5, 5.41) is 14.4. The second-order valence-electron chi connectivity index (χ2n) is 13.4. The summed E-state index contributed by atoms with van der Waals surface area (Å²) < 4.78 is 77.3. The molecule has 56 heavy (non-hydrogen) atoms. The Kier molecular flexibility index (Phi) is 7.84. The van der Waals surface area contributed by atoms with E-state index in [0.717, 1.165) is 0 Å². The molecule has 0 bridgehead atoms. The topological polar surface area (TPSA) is 144 Å². The van der Waals surface area contributed by atoms with Gasteiger partial charge in [0, 0.05) is 47.7 Å². The number of nitrogens with one attached hydrogen (secondary N) is 2. The van der Waals surface area contributed by atoms with Crippen LogP contribution in [0, 0.1) is 23.3 Å². The molecule has 4 atom stereocenters. The van der Waals surface area contributed by atoms with Crippen molar-refractivity contribution < 1.29 is 29.9 Å². The minimum absolute atomic E-state index is 0.140. The van der Waals surface area contributed by atoms with Crippen LogP contribution in [0.15, 0.2) is 95.4 Å². The van der Waals surface area contributed by atoms with Gasteiger partial charge in [0.2, 0.25) is 0 Å². The van der Waals surface area contributed by atoms with Gasteiger partial charge in [-0.3, -0.25) is 28.9 Å². The van der Waals surface area contributed by atoms with Crippen molar-refractivity contribution in [2.24, 2.45) is 24.1 Å². The highest BCUT2D eigenvalue weighted by Gasteiger charge is 2.43. The van der Waals surface area contributed by atoms with Gasteiger partial charge < -0.3 is 10.6 Å². The Morgan fingerprint density at radius 1 is 0.607 bits per heavy atom. The number of aryl methyl sites for hydroxylation is 2. The van der Waals surface area contributed by atoms with Crippen molar-refractivity contribution in [1.82, 2.24) is 29.5 Å². The Bertz CT molecular complexity index is 2570. The molecule has 0 aliphatic carbocycles. The Balaban J connectivity index is 0.000000150. The van der Waals surface area contributed by atoms with Crippen LogP contribution in [0.3, 0.4) is 0 Å². The summed E-state index contributed by atoms with van der Waals surface area (Å²) in [5.41, 5.74) is 3.81. The number of halogens is 4. The van der Waals surface area contributed by atoms with E-state index in [1.54, 1.807) is 14.1 Å². The molecule has 2 aromatic heterocycles. The van der Waals surface area contributed by atoms with Gasteiger partial charge in [-0.2, -0.15) is 10.2 Å². The van der Waals surface area contributed by atoms with Crippen LogP contribution in [0.4, 0.5) is 28.9 Å². The van der Waals surface area contributed by atoms with E-state index in [-0.39, 0.29) is 35.8 Å². The average molecular weight is 761 g/mol.